The first kappa shape index (κ1) is 27.2. The average Bonchev–Trinajstić information content (AvgIpc) is 3.17. The molecule has 0 saturated carbocycles. The van der Waals surface area contributed by atoms with Crippen molar-refractivity contribution < 1.29 is 24.2 Å². The lowest BCUT2D eigenvalue weighted by molar-refractivity contribution is -0.153. The molecule has 2 amide bonds. The molecule has 0 aromatic carbocycles. The Labute approximate surface area is 219 Å². The molecule has 1 spiro atoms. The second-order valence-electron chi connectivity index (χ2n) is 12.4. The zero-order valence-corrected chi connectivity index (χ0v) is 23.2. The standard InChI is InChI=1S/C28H42N2O5S/c1-26(2,3)18-27(4,5)30-15-11-13-28-21(20-19(36-28)12-7-6-10-17-35-25(20)34)23(32)29(14-8-9-16-31)22(28)24(30)33/h7,11-13,19-22,31H,6,8-10,14-18H2,1-5H3/b12-7-/t19-,20+,21+,22?,28+/m1/s1. The molecule has 4 aliphatic rings. The highest BCUT2D eigenvalue weighted by molar-refractivity contribution is 8.02. The summed E-state index contributed by atoms with van der Waals surface area (Å²) in [4.78, 5) is 45.5. The molecule has 200 valence electrons. The van der Waals surface area contributed by atoms with E-state index in [1.165, 1.54) is 0 Å². The third-order valence-electron chi connectivity index (χ3n) is 7.85. The summed E-state index contributed by atoms with van der Waals surface area (Å²) in [7, 11) is 0. The van der Waals surface area contributed by atoms with Gasteiger partial charge < -0.3 is 19.6 Å². The molecule has 36 heavy (non-hydrogen) atoms. The summed E-state index contributed by atoms with van der Waals surface area (Å²) in [6, 6.07) is -0.687. The van der Waals surface area contributed by atoms with Gasteiger partial charge in [-0.2, -0.15) is 0 Å². The maximum atomic E-state index is 14.5. The number of thioether (sulfide) groups is 1. The summed E-state index contributed by atoms with van der Waals surface area (Å²) >= 11 is 1.59. The number of cyclic esters (lactones) is 1. The molecule has 0 radical (unpaired) electrons. The number of carbonyl (C=O) groups excluding carboxylic acids is 3. The van der Waals surface area contributed by atoms with Gasteiger partial charge in [0.05, 0.1) is 23.2 Å². The van der Waals surface area contributed by atoms with Gasteiger partial charge in [-0.15, -0.1) is 11.8 Å². The fraction of sp³-hybridized carbons (Fsp3) is 0.750. The van der Waals surface area contributed by atoms with E-state index in [2.05, 4.69) is 52.8 Å². The molecular weight excluding hydrogens is 476 g/mol. The molecular formula is C28H42N2O5S. The van der Waals surface area contributed by atoms with Gasteiger partial charge in [0.15, 0.2) is 0 Å². The number of esters is 1. The highest BCUT2D eigenvalue weighted by Crippen LogP contribution is 2.61. The van der Waals surface area contributed by atoms with Gasteiger partial charge in [-0.1, -0.05) is 45.1 Å². The fourth-order valence-electron chi connectivity index (χ4n) is 6.83. The number of aliphatic hydroxyl groups excluding tert-OH is 1. The van der Waals surface area contributed by atoms with Crippen molar-refractivity contribution in [2.45, 2.75) is 88.3 Å². The zero-order chi connectivity index (χ0) is 26.3. The van der Waals surface area contributed by atoms with Crippen molar-refractivity contribution in [2.24, 2.45) is 17.3 Å². The van der Waals surface area contributed by atoms with Gasteiger partial charge in [-0.05, 0) is 51.4 Å². The van der Waals surface area contributed by atoms with Gasteiger partial charge in [0.1, 0.15) is 6.04 Å². The molecule has 8 heteroatoms. The van der Waals surface area contributed by atoms with Gasteiger partial charge in [-0.3, -0.25) is 14.4 Å². The van der Waals surface area contributed by atoms with Crippen molar-refractivity contribution in [2.75, 3.05) is 26.3 Å². The monoisotopic (exact) mass is 518 g/mol. The topological polar surface area (TPSA) is 87.2 Å². The molecule has 2 fully saturated rings. The Kier molecular flexibility index (Phi) is 7.69. The molecule has 1 unspecified atom stereocenters. The Hall–Kier alpha value is -1.80. The van der Waals surface area contributed by atoms with Crippen LogP contribution >= 0.6 is 11.8 Å². The highest BCUT2D eigenvalue weighted by Gasteiger charge is 2.71. The van der Waals surface area contributed by atoms with Crippen molar-refractivity contribution in [1.82, 2.24) is 9.80 Å². The second kappa shape index (κ2) is 10.2. The number of unbranched alkanes of at least 4 members (excludes halogenated alkanes) is 1. The van der Waals surface area contributed by atoms with E-state index in [1.807, 2.05) is 11.0 Å². The van der Waals surface area contributed by atoms with Crippen LogP contribution in [0.3, 0.4) is 0 Å². The van der Waals surface area contributed by atoms with Crippen molar-refractivity contribution >= 4 is 29.5 Å². The molecule has 5 atom stereocenters. The number of allylic oxidation sites excluding steroid dienone is 1. The quantitative estimate of drug-likeness (QED) is 0.329. The third kappa shape index (κ3) is 4.87. The third-order valence-corrected chi connectivity index (χ3v) is 9.60. The Balaban J connectivity index is 1.78. The van der Waals surface area contributed by atoms with Crippen LogP contribution in [0.25, 0.3) is 0 Å². The Morgan fingerprint density at radius 3 is 2.56 bits per heavy atom. The maximum Gasteiger partial charge on any atom is 0.311 e. The zero-order valence-electron chi connectivity index (χ0n) is 22.4. The van der Waals surface area contributed by atoms with E-state index in [0.29, 0.717) is 32.5 Å². The molecule has 4 heterocycles. The number of nitrogens with zero attached hydrogens (tertiary/aromatic N) is 2. The first-order valence-electron chi connectivity index (χ1n) is 13.3. The minimum absolute atomic E-state index is 0.0208. The van der Waals surface area contributed by atoms with E-state index < -0.39 is 28.2 Å². The van der Waals surface area contributed by atoms with Crippen LogP contribution in [0.2, 0.25) is 0 Å². The smallest absolute Gasteiger partial charge is 0.311 e. The van der Waals surface area contributed by atoms with Gasteiger partial charge >= 0.3 is 5.97 Å². The molecule has 4 rings (SSSR count). The molecule has 7 nitrogen and oxygen atoms in total. The van der Waals surface area contributed by atoms with Crippen molar-refractivity contribution in [3.63, 3.8) is 0 Å². The van der Waals surface area contributed by atoms with Gasteiger partial charge in [0.25, 0.3) is 0 Å². The number of hydrogen-bond acceptors (Lipinski definition) is 6. The normalized spacial score (nSPS) is 33.8. The molecule has 0 bridgehead atoms. The second-order valence-corrected chi connectivity index (χ2v) is 13.9. The minimum Gasteiger partial charge on any atom is -0.465 e. The number of hydrogen-bond donors (Lipinski definition) is 1. The van der Waals surface area contributed by atoms with E-state index >= 15 is 0 Å². The van der Waals surface area contributed by atoms with E-state index in [1.54, 1.807) is 16.7 Å². The number of likely N-dealkylation sites (tertiary alicyclic amines) is 1. The van der Waals surface area contributed by atoms with Crippen LogP contribution in [0.4, 0.5) is 0 Å². The predicted molar refractivity (Wildman–Crippen MR) is 141 cm³/mol. The molecule has 0 aromatic heterocycles. The van der Waals surface area contributed by atoms with Crippen LogP contribution in [0.1, 0.15) is 66.7 Å². The summed E-state index contributed by atoms with van der Waals surface area (Å²) in [5, 5.41) is 9.15. The minimum atomic E-state index is -0.822. The summed E-state index contributed by atoms with van der Waals surface area (Å²) in [6.45, 7) is 12.0. The van der Waals surface area contributed by atoms with E-state index in [-0.39, 0.29) is 35.1 Å². The van der Waals surface area contributed by atoms with E-state index in [9.17, 15) is 19.5 Å². The van der Waals surface area contributed by atoms with E-state index in [4.69, 9.17) is 4.74 Å². The van der Waals surface area contributed by atoms with E-state index in [0.717, 1.165) is 19.3 Å². The molecule has 4 aliphatic heterocycles. The molecule has 1 N–H and O–H groups in total. The van der Waals surface area contributed by atoms with Crippen LogP contribution < -0.4 is 0 Å². The molecule has 0 aliphatic carbocycles. The summed E-state index contributed by atoms with van der Waals surface area (Å²) in [6.07, 6.45) is 11.8. The van der Waals surface area contributed by atoms with Crippen LogP contribution in [0, 0.1) is 17.3 Å². The Morgan fingerprint density at radius 2 is 1.86 bits per heavy atom. The summed E-state index contributed by atoms with van der Waals surface area (Å²) in [5.74, 6) is -1.79. The van der Waals surface area contributed by atoms with Crippen LogP contribution in [-0.2, 0) is 19.1 Å². The lowest BCUT2D eigenvalue weighted by Gasteiger charge is -2.44. The van der Waals surface area contributed by atoms with Crippen molar-refractivity contribution in [1.29, 1.82) is 0 Å². The molecule has 0 aromatic rings. The van der Waals surface area contributed by atoms with Crippen LogP contribution in [-0.4, -0.2) is 80.6 Å². The predicted octanol–water partition coefficient (Wildman–Crippen LogP) is 3.56. The largest absolute Gasteiger partial charge is 0.465 e. The Morgan fingerprint density at radius 1 is 1.11 bits per heavy atom. The lowest BCUT2D eigenvalue weighted by Crippen LogP contribution is -2.58. The Bertz CT molecular complexity index is 939. The van der Waals surface area contributed by atoms with Crippen LogP contribution in [0.15, 0.2) is 24.3 Å². The number of fused-ring (bicyclic) bond motifs is 2. The first-order chi connectivity index (χ1) is 16.9. The summed E-state index contributed by atoms with van der Waals surface area (Å²) < 4.78 is 4.79. The fourth-order valence-corrected chi connectivity index (χ4v) is 8.83. The van der Waals surface area contributed by atoms with Crippen LogP contribution in [0.5, 0.6) is 0 Å². The van der Waals surface area contributed by atoms with Crippen molar-refractivity contribution in [3.05, 3.63) is 24.3 Å². The highest BCUT2D eigenvalue weighted by atomic mass is 32.2. The van der Waals surface area contributed by atoms with Crippen molar-refractivity contribution in [3.8, 4) is 0 Å². The number of rotatable bonds is 6. The lowest BCUT2D eigenvalue weighted by atomic mass is 9.78. The first-order valence-corrected chi connectivity index (χ1v) is 14.2. The molecule has 2 saturated heterocycles. The number of ether oxygens (including phenoxy) is 1. The summed E-state index contributed by atoms with van der Waals surface area (Å²) in [5.41, 5.74) is -0.391. The maximum absolute atomic E-state index is 14.5. The average molecular weight is 519 g/mol. The number of aliphatic hydroxyl groups is 1. The van der Waals surface area contributed by atoms with Gasteiger partial charge in [0.2, 0.25) is 11.8 Å². The SMILES string of the molecule is CC(C)(C)CC(C)(C)N1CC=C[C@]23S[C@@H]4/C=C\CCCOC(=O)[C@@H]4[C@H]2C(=O)N(CCCCO)C3C1=O. The van der Waals surface area contributed by atoms with Gasteiger partial charge in [-0.25, -0.2) is 0 Å². The number of carbonyl (C=O) groups is 3. The number of amides is 2. The van der Waals surface area contributed by atoms with Gasteiger partial charge in [0, 0.05) is 30.5 Å².